The second-order valence-electron chi connectivity index (χ2n) is 2.10. The fraction of sp³-hybridized carbons (Fsp3) is 0. The number of benzene rings is 1. The Morgan fingerprint density at radius 3 is 3.36 bits per heavy atom. The van der Waals surface area contributed by atoms with Gasteiger partial charge in [0.25, 0.3) is 5.56 Å². The molecular formula is C9H7NO. The van der Waals surface area contributed by atoms with Crippen LogP contribution in [0.2, 0.25) is 1.41 Å². The maximum absolute atomic E-state index is 11.5. The van der Waals surface area contributed by atoms with E-state index in [2.05, 4.69) is 0 Å². The van der Waals surface area contributed by atoms with Crippen molar-refractivity contribution in [1.82, 2.24) is 4.98 Å². The molecule has 2 heteroatoms. The summed E-state index contributed by atoms with van der Waals surface area (Å²) in [5, 5.41) is 0.273. The lowest BCUT2D eigenvalue weighted by molar-refractivity contribution is 1.28. The van der Waals surface area contributed by atoms with Crippen LogP contribution in [0.15, 0.2) is 41.3 Å². The highest BCUT2D eigenvalue weighted by molar-refractivity contribution is 5.80. The van der Waals surface area contributed by atoms with Gasteiger partial charge in [0.05, 0.1) is 4.11 Å². The first-order valence-corrected chi connectivity index (χ1v) is 3.13. The van der Waals surface area contributed by atoms with Crippen molar-refractivity contribution in [2.24, 2.45) is 0 Å². The molecule has 0 atom stereocenters. The summed E-state index contributed by atoms with van der Waals surface area (Å²) in [7, 11) is 0. The van der Waals surface area contributed by atoms with Crippen LogP contribution in [0.4, 0.5) is 0 Å². The topological polar surface area (TPSA) is 32.9 Å². The van der Waals surface area contributed by atoms with Crippen LogP contribution in [-0.2, 0) is 0 Å². The smallest absolute Gasteiger partial charge is 0.255 e. The van der Waals surface area contributed by atoms with Crippen molar-refractivity contribution in [3.05, 3.63) is 46.8 Å². The second-order valence-corrected chi connectivity index (χ2v) is 2.10. The normalized spacial score (nSPS) is 15.3. The summed E-state index contributed by atoms with van der Waals surface area (Å²) in [4.78, 5) is 12.1. The van der Waals surface area contributed by atoms with E-state index in [-0.39, 0.29) is 28.9 Å². The van der Waals surface area contributed by atoms with Crippen molar-refractivity contribution in [1.29, 1.82) is 0 Å². The minimum Gasteiger partial charge on any atom is -0.329 e. The molecule has 0 saturated carbocycles. The lowest BCUT2D eigenvalue weighted by Gasteiger charge is -1.92. The second kappa shape index (κ2) is 2.23. The van der Waals surface area contributed by atoms with Gasteiger partial charge >= 0.3 is 0 Å². The number of pyridine rings is 1. The molecule has 0 bridgehead atoms. The van der Waals surface area contributed by atoms with E-state index in [1.165, 1.54) is 12.1 Å². The van der Waals surface area contributed by atoms with Gasteiger partial charge in [0, 0.05) is 11.6 Å². The summed E-state index contributed by atoms with van der Waals surface area (Å²) in [6.45, 7) is 0. The molecule has 54 valence electrons. The van der Waals surface area contributed by atoms with Gasteiger partial charge < -0.3 is 4.98 Å². The molecule has 0 aliphatic carbocycles. The Morgan fingerprint density at radius 2 is 2.45 bits per heavy atom. The average molecular weight is 149 g/mol. The molecule has 0 aliphatic heterocycles. The summed E-state index contributed by atoms with van der Waals surface area (Å²) < 4.78 is 29.7. The highest BCUT2D eigenvalue weighted by Gasteiger charge is 1.92. The monoisotopic (exact) mass is 149 g/mol. The number of fused-ring (bicyclic) bond motifs is 1. The van der Waals surface area contributed by atoms with E-state index in [9.17, 15) is 4.79 Å². The number of nitrogens with one attached hydrogen (secondary N) is 1. The van der Waals surface area contributed by atoms with E-state index in [1.807, 2.05) is 0 Å². The van der Waals surface area contributed by atoms with Crippen LogP contribution in [0.1, 0.15) is 4.11 Å². The van der Waals surface area contributed by atoms with Gasteiger partial charge in [-0.2, -0.15) is 0 Å². The first kappa shape index (κ1) is 3.22. The summed E-state index contributed by atoms with van der Waals surface area (Å²) in [6.07, 6.45) is 1.05. The molecule has 0 fully saturated rings. The molecule has 1 aromatic heterocycles. The fourth-order valence-electron chi connectivity index (χ4n) is 0.902. The van der Waals surface area contributed by atoms with Crippen molar-refractivity contribution in [3.63, 3.8) is 0 Å². The molecule has 0 unspecified atom stereocenters. The summed E-state index contributed by atoms with van der Waals surface area (Å²) in [5.41, 5.74) is -0.608. The zero-order chi connectivity index (χ0) is 11.2. The predicted molar refractivity (Wildman–Crippen MR) is 44.6 cm³/mol. The maximum atomic E-state index is 11.5. The Morgan fingerprint density at radius 1 is 1.55 bits per heavy atom. The highest BCUT2D eigenvalue weighted by Crippen LogP contribution is 2.05. The molecule has 2 rings (SSSR count). The van der Waals surface area contributed by atoms with Gasteiger partial charge in [0.15, 0.2) is 1.41 Å². The Bertz CT molecular complexity index is 597. The van der Waals surface area contributed by atoms with E-state index < -0.39 is 5.56 Å². The standard InChI is InChI=1S/C9H7NO/c11-9-8-4-2-1-3-7(8)5-6-10-9/h1-6H,(H,10,11)/i2D,3D,5D/hD. The number of hydrogen-bond acceptors (Lipinski definition) is 1. The quantitative estimate of drug-likeness (QED) is 0.605. The molecule has 0 amide bonds. The predicted octanol–water partition coefficient (Wildman–Crippen LogP) is 1.53. The molecular weight excluding hydrogens is 138 g/mol. The molecule has 1 N–H and O–H groups in total. The van der Waals surface area contributed by atoms with Gasteiger partial charge in [-0.15, -0.1) is 0 Å². The third-order valence-corrected chi connectivity index (χ3v) is 1.42. The van der Waals surface area contributed by atoms with Gasteiger partial charge in [-0.05, 0) is 17.5 Å². The zero-order valence-electron chi connectivity index (χ0n) is 9.59. The van der Waals surface area contributed by atoms with Crippen LogP contribution in [0, 0.1) is 0 Å². The Hall–Kier alpha value is -1.57. The van der Waals surface area contributed by atoms with Crippen molar-refractivity contribution in [2.45, 2.75) is 0 Å². The molecule has 1 heterocycles. The molecule has 0 spiro atoms. The Kier molecular flexibility index (Phi) is 0.654. The lowest BCUT2D eigenvalue weighted by Crippen LogP contribution is -2.03. The van der Waals surface area contributed by atoms with Gasteiger partial charge in [-0.1, -0.05) is 18.2 Å². The fourth-order valence-corrected chi connectivity index (χ4v) is 0.902. The molecule has 0 aliphatic rings. The summed E-state index contributed by atoms with van der Waals surface area (Å²) in [5.74, 6) is 0. The minimum absolute atomic E-state index is 0.0276. The number of H-pyrrole nitrogens is 1. The SMILES string of the molecule is [2H]c1cc([2H])c2c([2H])cn([2H])c(=O)c2c1. The molecule has 2 nitrogen and oxygen atoms in total. The van der Waals surface area contributed by atoms with E-state index in [0.29, 0.717) is 4.98 Å². The first-order chi connectivity index (χ1) is 7.00. The molecule has 0 saturated heterocycles. The van der Waals surface area contributed by atoms with E-state index in [4.69, 9.17) is 5.52 Å². The zero-order valence-corrected chi connectivity index (χ0v) is 5.59. The first-order valence-electron chi connectivity index (χ1n) is 5.08. The van der Waals surface area contributed by atoms with Gasteiger partial charge in [-0.3, -0.25) is 4.79 Å². The molecule has 0 radical (unpaired) electrons. The van der Waals surface area contributed by atoms with Gasteiger partial charge in [-0.25, -0.2) is 0 Å². The largest absolute Gasteiger partial charge is 0.329 e. The third-order valence-electron chi connectivity index (χ3n) is 1.42. The van der Waals surface area contributed by atoms with Crippen LogP contribution in [0.25, 0.3) is 10.8 Å². The van der Waals surface area contributed by atoms with Crippen molar-refractivity contribution < 1.29 is 5.52 Å². The van der Waals surface area contributed by atoms with Gasteiger partial charge in [0.2, 0.25) is 0 Å². The molecule has 2 aromatic rings. The van der Waals surface area contributed by atoms with Crippen molar-refractivity contribution in [2.75, 3.05) is 0 Å². The third kappa shape index (κ3) is 0.923. The number of aromatic amines is 1. The van der Waals surface area contributed by atoms with Gasteiger partial charge in [0.1, 0.15) is 0 Å². The van der Waals surface area contributed by atoms with E-state index in [0.717, 1.165) is 6.20 Å². The summed E-state index contributed by atoms with van der Waals surface area (Å²) >= 11 is 0. The van der Waals surface area contributed by atoms with Crippen LogP contribution in [0.3, 0.4) is 0 Å². The summed E-state index contributed by atoms with van der Waals surface area (Å²) in [6, 6.07) is 2.51. The lowest BCUT2D eigenvalue weighted by atomic mass is 10.2. The number of aromatic nitrogens is 1. The van der Waals surface area contributed by atoms with E-state index >= 15 is 0 Å². The average Bonchev–Trinajstić information content (AvgIpc) is 2.12. The molecule has 11 heavy (non-hydrogen) atoms. The van der Waals surface area contributed by atoms with Crippen LogP contribution < -0.4 is 5.56 Å². The Labute approximate surface area is 69.2 Å². The maximum Gasteiger partial charge on any atom is 0.255 e. The Balaban J connectivity index is 3.10. The minimum atomic E-state index is -0.608. The van der Waals surface area contributed by atoms with Crippen LogP contribution in [0.5, 0.6) is 0 Å². The number of rotatable bonds is 0. The number of hydrogen-bond donors (Lipinski definition) is 1. The van der Waals surface area contributed by atoms with Crippen molar-refractivity contribution in [3.8, 4) is 0 Å². The van der Waals surface area contributed by atoms with Crippen LogP contribution in [-0.4, -0.2) is 4.98 Å². The highest BCUT2D eigenvalue weighted by atomic mass is 16.1. The molecule has 1 aromatic carbocycles. The van der Waals surface area contributed by atoms with Crippen molar-refractivity contribution >= 4 is 10.8 Å². The van der Waals surface area contributed by atoms with Crippen LogP contribution >= 0.6 is 0 Å². The van der Waals surface area contributed by atoms with E-state index in [1.54, 1.807) is 0 Å².